The molecule has 3 nitrogen and oxygen atoms in total. The number of aryl methyl sites for hydroxylation is 2. The second-order valence-corrected chi connectivity index (χ2v) is 7.00. The van der Waals surface area contributed by atoms with Crippen molar-refractivity contribution in [2.75, 3.05) is 5.32 Å². The molecule has 0 aliphatic carbocycles. The molecule has 0 aliphatic rings. The third-order valence-corrected chi connectivity index (χ3v) is 4.79. The Labute approximate surface area is 159 Å². The fourth-order valence-corrected chi connectivity index (χ4v) is 3.35. The molecule has 0 saturated heterocycles. The van der Waals surface area contributed by atoms with Crippen molar-refractivity contribution in [2.24, 2.45) is 0 Å². The molecule has 0 saturated carbocycles. The summed E-state index contributed by atoms with van der Waals surface area (Å²) in [6.45, 7) is 4.85. The van der Waals surface area contributed by atoms with Crippen molar-refractivity contribution >= 4 is 22.5 Å². The topological polar surface area (TPSA) is 34.0 Å². The van der Waals surface area contributed by atoms with E-state index < -0.39 is 0 Å². The Morgan fingerprint density at radius 2 is 1.67 bits per heavy atom. The summed E-state index contributed by atoms with van der Waals surface area (Å²) in [5.74, 6) is -0.0862. The SMILES string of the molecule is Cc1ccc(Cn2cc(NC(=O)c3cccc(C)c3)c3ccccc32)cc1. The predicted octanol–water partition coefficient (Wildman–Crippen LogP) is 5.56. The molecular formula is C24H22N2O. The molecule has 3 aromatic carbocycles. The van der Waals surface area contributed by atoms with E-state index in [1.807, 2.05) is 55.6 Å². The largest absolute Gasteiger partial charge is 0.341 e. The van der Waals surface area contributed by atoms with Crippen molar-refractivity contribution < 1.29 is 4.79 Å². The molecule has 0 unspecified atom stereocenters. The van der Waals surface area contributed by atoms with E-state index in [0.717, 1.165) is 28.7 Å². The van der Waals surface area contributed by atoms with Crippen molar-refractivity contribution in [2.45, 2.75) is 20.4 Å². The number of hydrogen-bond acceptors (Lipinski definition) is 1. The van der Waals surface area contributed by atoms with E-state index in [-0.39, 0.29) is 5.91 Å². The zero-order valence-electron chi connectivity index (χ0n) is 15.6. The standard InChI is InChI=1S/C24H22N2O/c1-17-10-12-19(13-11-17)15-26-16-22(21-8-3-4-9-23(21)26)25-24(27)20-7-5-6-18(2)14-20/h3-14,16H,15H2,1-2H3,(H,25,27). The van der Waals surface area contributed by atoms with Gasteiger partial charge in [0, 0.05) is 23.7 Å². The number of para-hydroxylation sites is 1. The molecule has 1 N–H and O–H groups in total. The molecule has 0 radical (unpaired) electrons. The van der Waals surface area contributed by atoms with E-state index in [9.17, 15) is 4.79 Å². The van der Waals surface area contributed by atoms with E-state index in [1.165, 1.54) is 11.1 Å². The summed E-state index contributed by atoms with van der Waals surface area (Å²) in [6, 6.07) is 24.4. The number of rotatable bonds is 4. The summed E-state index contributed by atoms with van der Waals surface area (Å²) in [7, 11) is 0. The number of carbonyl (C=O) groups is 1. The Bertz CT molecular complexity index is 1110. The maximum atomic E-state index is 12.7. The van der Waals surface area contributed by atoms with Crippen LogP contribution in [-0.4, -0.2) is 10.5 Å². The summed E-state index contributed by atoms with van der Waals surface area (Å²) in [6.07, 6.45) is 2.03. The average Bonchev–Trinajstić information content (AvgIpc) is 3.01. The monoisotopic (exact) mass is 354 g/mol. The number of nitrogens with one attached hydrogen (secondary N) is 1. The van der Waals surface area contributed by atoms with Crippen LogP contribution in [0.5, 0.6) is 0 Å². The van der Waals surface area contributed by atoms with Crippen molar-refractivity contribution in [3.63, 3.8) is 0 Å². The van der Waals surface area contributed by atoms with Gasteiger partial charge in [0.05, 0.1) is 11.2 Å². The minimum absolute atomic E-state index is 0.0862. The molecule has 0 fully saturated rings. The molecular weight excluding hydrogens is 332 g/mol. The minimum Gasteiger partial charge on any atom is -0.341 e. The average molecular weight is 354 g/mol. The summed E-state index contributed by atoms with van der Waals surface area (Å²) >= 11 is 0. The molecule has 0 spiro atoms. The van der Waals surface area contributed by atoms with Crippen LogP contribution in [0.4, 0.5) is 5.69 Å². The Morgan fingerprint density at radius 1 is 0.889 bits per heavy atom. The molecule has 1 heterocycles. The number of anilines is 1. The quantitative estimate of drug-likeness (QED) is 0.511. The molecule has 4 aromatic rings. The Kier molecular flexibility index (Phi) is 4.51. The van der Waals surface area contributed by atoms with Gasteiger partial charge in [0.15, 0.2) is 0 Å². The van der Waals surface area contributed by atoms with Crippen LogP contribution in [0.1, 0.15) is 27.0 Å². The predicted molar refractivity (Wildman–Crippen MR) is 111 cm³/mol. The van der Waals surface area contributed by atoms with Gasteiger partial charge in [0.1, 0.15) is 0 Å². The number of aromatic nitrogens is 1. The van der Waals surface area contributed by atoms with Gasteiger partial charge in [-0.25, -0.2) is 0 Å². The van der Waals surface area contributed by atoms with Gasteiger partial charge in [0.25, 0.3) is 5.91 Å². The van der Waals surface area contributed by atoms with Crippen LogP contribution in [-0.2, 0) is 6.54 Å². The maximum Gasteiger partial charge on any atom is 0.255 e. The van der Waals surface area contributed by atoms with Crippen LogP contribution >= 0.6 is 0 Å². The van der Waals surface area contributed by atoms with Gasteiger partial charge in [0.2, 0.25) is 0 Å². The van der Waals surface area contributed by atoms with E-state index in [1.54, 1.807) is 0 Å². The number of carbonyl (C=O) groups excluding carboxylic acids is 1. The zero-order valence-corrected chi connectivity index (χ0v) is 15.6. The number of fused-ring (bicyclic) bond motifs is 1. The van der Waals surface area contributed by atoms with Gasteiger partial charge in [-0.15, -0.1) is 0 Å². The highest BCUT2D eigenvalue weighted by Gasteiger charge is 2.12. The summed E-state index contributed by atoms with van der Waals surface area (Å²) < 4.78 is 2.19. The van der Waals surface area contributed by atoms with Crippen molar-refractivity contribution in [1.29, 1.82) is 0 Å². The van der Waals surface area contributed by atoms with Crippen molar-refractivity contribution in [3.05, 3.63) is 101 Å². The fourth-order valence-electron chi connectivity index (χ4n) is 3.35. The van der Waals surface area contributed by atoms with Gasteiger partial charge in [-0.3, -0.25) is 4.79 Å². The third-order valence-electron chi connectivity index (χ3n) is 4.79. The van der Waals surface area contributed by atoms with Crippen molar-refractivity contribution in [3.8, 4) is 0 Å². The highest BCUT2D eigenvalue weighted by Crippen LogP contribution is 2.27. The molecule has 3 heteroatoms. The summed E-state index contributed by atoms with van der Waals surface area (Å²) in [5.41, 5.74) is 6.18. The van der Waals surface area contributed by atoms with Gasteiger partial charge < -0.3 is 9.88 Å². The minimum atomic E-state index is -0.0862. The van der Waals surface area contributed by atoms with Crippen LogP contribution in [0.25, 0.3) is 10.9 Å². The second-order valence-electron chi connectivity index (χ2n) is 7.00. The van der Waals surface area contributed by atoms with Crippen LogP contribution in [0.3, 0.4) is 0 Å². The Morgan fingerprint density at radius 3 is 2.44 bits per heavy atom. The smallest absolute Gasteiger partial charge is 0.255 e. The summed E-state index contributed by atoms with van der Waals surface area (Å²) in [4.78, 5) is 12.7. The Hall–Kier alpha value is -3.33. The normalized spacial score (nSPS) is 10.9. The van der Waals surface area contributed by atoms with Crippen LogP contribution in [0.15, 0.2) is 79.0 Å². The first-order valence-corrected chi connectivity index (χ1v) is 9.11. The third kappa shape index (κ3) is 3.63. The molecule has 134 valence electrons. The second kappa shape index (κ2) is 7.12. The highest BCUT2D eigenvalue weighted by atomic mass is 16.1. The zero-order chi connectivity index (χ0) is 18.8. The van der Waals surface area contributed by atoms with Crippen LogP contribution in [0, 0.1) is 13.8 Å². The van der Waals surface area contributed by atoms with E-state index >= 15 is 0 Å². The number of benzene rings is 3. The van der Waals surface area contributed by atoms with Gasteiger partial charge in [-0.05, 0) is 37.6 Å². The molecule has 4 rings (SSSR count). The maximum absolute atomic E-state index is 12.7. The van der Waals surface area contributed by atoms with Crippen LogP contribution in [0.2, 0.25) is 0 Å². The molecule has 0 aliphatic heterocycles. The molecule has 0 atom stereocenters. The lowest BCUT2D eigenvalue weighted by atomic mass is 10.1. The van der Waals surface area contributed by atoms with E-state index in [4.69, 9.17) is 0 Å². The van der Waals surface area contributed by atoms with E-state index in [0.29, 0.717) is 5.56 Å². The number of nitrogens with zero attached hydrogens (tertiary/aromatic N) is 1. The van der Waals surface area contributed by atoms with Gasteiger partial charge in [-0.1, -0.05) is 65.7 Å². The lowest BCUT2D eigenvalue weighted by Gasteiger charge is -2.06. The number of hydrogen-bond donors (Lipinski definition) is 1. The molecule has 0 bridgehead atoms. The number of amides is 1. The van der Waals surface area contributed by atoms with Gasteiger partial charge in [-0.2, -0.15) is 0 Å². The van der Waals surface area contributed by atoms with E-state index in [2.05, 4.69) is 47.1 Å². The lowest BCUT2D eigenvalue weighted by molar-refractivity contribution is 0.102. The van der Waals surface area contributed by atoms with Crippen molar-refractivity contribution in [1.82, 2.24) is 4.57 Å². The lowest BCUT2D eigenvalue weighted by Crippen LogP contribution is -2.11. The molecule has 1 amide bonds. The summed E-state index contributed by atoms with van der Waals surface area (Å²) in [5, 5.41) is 4.13. The first-order chi connectivity index (χ1) is 13.1. The Balaban J connectivity index is 1.67. The fraction of sp³-hybridized carbons (Fsp3) is 0.125. The molecule has 1 aromatic heterocycles. The first kappa shape index (κ1) is 17.1. The van der Waals surface area contributed by atoms with Crippen LogP contribution < -0.4 is 5.32 Å². The first-order valence-electron chi connectivity index (χ1n) is 9.11. The highest BCUT2D eigenvalue weighted by molar-refractivity contribution is 6.09. The van der Waals surface area contributed by atoms with Gasteiger partial charge >= 0.3 is 0 Å². The molecule has 27 heavy (non-hydrogen) atoms.